The lowest BCUT2D eigenvalue weighted by Gasteiger charge is -2.70. The van der Waals surface area contributed by atoms with E-state index >= 15 is 0 Å². The second-order valence-electron chi connectivity index (χ2n) is 11.4. The summed E-state index contributed by atoms with van der Waals surface area (Å²) in [6.07, 6.45) is 9.10. The monoisotopic (exact) mass is 468 g/mol. The van der Waals surface area contributed by atoms with Gasteiger partial charge in [-0.3, -0.25) is 4.79 Å². The van der Waals surface area contributed by atoms with Gasteiger partial charge in [-0.15, -0.1) is 0 Å². The molecule has 0 N–H and O–H groups in total. The molecule has 7 nitrogen and oxygen atoms in total. The van der Waals surface area contributed by atoms with E-state index in [1.165, 1.54) is 25.7 Å². The van der Waals surface area contributed by atoms with E-state index in [0.29, 0.717) is 37.1 Å². The van der Waals surface area contributed by atoms with Crippen LogP contribution in [0.3, 0.4) is 0 Å². The molecule has 5 aliphatic carbocycles. The second-order valence-corrected chi connectivity index (χ2v) is 11.4. The van der Waals surface area contributed by atoms with Gasteiger partial charge in [0.25, 0.3) is 0 Å². The zero-order valence-corrected chi connectivity index (χ0v) is 21.2. The number of carbonyl (C=O) groups excluding carboxylic acids is 1. The minimum Gasteiger partial charge on any atom is -0.469 e. The second kappa shape index (κ2) is 10.1. The lowest BCUT2D eigenvalue weighted by molar-refractivity contribution is -0.277. The van der Waals surface area contributed by atoms with E-state index in [1.54, 1.807) is 21.3 Å². The van der Waals surface area contributed by atoms with Crippen molar-refractivity contribution < 1.29 is 33.2 Å². The minimum absolute atomic E-state index is 0.0233. The Morgan fingerprint density at radius 3 is 2.36 bits per heavy atom. The average Bonchev–Trinajstić information content (AvgIpc) is 2.82. The molecule has 0 radical (unpaired) electrons. The Bertz CT molecular complexity index is 686. The highest BCUT2D eigenvalue weighted by Crippen LogP contribution is 2.72. The Balaban J connectivity index is 1.60. The number of rotatable bonds is 10. The van der Waals surface area contributed by atoms with Crippen molar-refractivity contribution in [2.45, 2.75) is 71.3 Å². The highest BCUT2D eigenvalue weighted by Gasteiger charge is 2.69. The first-order valence-electron chi connectivity index (χ1n) is 12.7. The Hall–Kier alpha value is -0.730. The minimum atomic E-state index is -0.385. The van der Waals surface area contributed by atoms with Gasteiger partial charge in [0.2, 0.25) is 0 Å². The highest BCUT2D eigenvalue weighted by molar-refractivity contribution is 5.77. The average molecular weight is 469 g/mol. The molecule has 5 saturated carbocycles. The smallest absolute Gasteiger partial charge is 0.311 e. The third-order valence-electron chi connectivity index (χ3n) is 10.1. The standard InChI is InChI=1S/C26H44O7/c1-24-9-6-10-25(2,23(27)30-5)20(24)8-12-26-11-7-18(13-21(24)26)19(22(26)33-16-29-4)14-31-17-32-15-28-3/h18-22H,6-17H2,1-5H3/t18?,19?,20?,21?,22?,24-,25-,26?/m1/s1. The van der Waals surface area contributed by atoms with Gasteiger partial charge in [0.05, 0.1) is 25.2 Å². The molecular formula is C26H44O7. The van der Waals surface area contributed by atoms with Crippen LogP contribution in [0, 0.1) is 39.9 Å². The Morgan fingerprint density at radius 2 is 1.64 bits per heavy atom. The third kappa shape index (κ3) is 4.16. The van der Waals surface area contributed by atoms with E-state index in [1.807, 2.05) is 0 Å². The first-order chi connectivity index (χ1) is 15.9. The first-order valence-corrected chi connectivity index (χ1v) is 12.7. The number of hydrogen-bond acceptors (Lipinski definition) is 7. The summed E-state index contributed by atoms with van der Waals surface area (Å²) in [6, 6.07) is 0. The maximum absolute atomic E-state index is 13.0. The molecule has 190 valence electrons. The van der Waals surface area contributed by atoms with Gasteiger partial charge in [0.1, 0.15) is 20.4 Å². The molecule has 33 heavy (non-hydrogen) atoms. The molecule has 6 unspecified atom stereocenters. The quantitative estimate of drug-likeness (QED) is 0.268. The summed E-state index contributed by atoms with van der Waals surface area (Å²) in [5.74, 6) is 1.79. The van der Waals surface area contributed by atoms with Crippen molar-refractivity contribution >= 4 is 5.97 Å². The van der Waals surface area contributed by atoms with Crippen LogP contribution in [0.1, 0.15) is 65.2 Å². The largest absolute Gasteiger partial charge is 0.469 e. The van der Waals surface area contributed by atoms with Gasteiger partial charge in [-0.2, -0.15) is 0 Å². The SMILES string of the molecule is COCOCOCC1C2CCC3(CCC4[C@@](C)(CCC[C@@]4(C)C(=O)OC)C3C2)C1OCOC. The fourth-order valence-corrected chi connectivity index (χ4v) is 8.94. The number of hydrogen-bond donors (Lipinski definition) is 0. The van der Waals surface area contributed by atoms with Gasteiger partial charge in [0.15, 0.2) is 0 Å². The molecule has 5 rings (SSSR count). The van der Waals surface area contributed by atoms with Gasteiger partial charge in [0, 0.05) is 25.6 Å². The number of fused-ring (bicyclic) bond motifs is 3. The molecule has 0 amide bonds. The molecule has 0 saturated heterocycles. The first kappa shape index (κ1) is 25.4. The third-order valence-corrected chi connectivity index (χ3v) is 10.1. The van der Waals surface area contributed by atoms with Crippen molar-refractivity contribution in [3.05, 3.63) is 0 Å². The number of methoxy groups -OCH3 is 3. The molecular weight excluding hydrogens is 424 g/mol. The Morgan fingerprint density at radius 1 is 0.879 bits per heavy atom. The van der Waals surface area contributed by atoms with Crippen LogP contribution in [0.25, 0.3) is 0 Å². The number of ether oxygens (including phenoxy) is 6. The lowest BCUT2D eigenvalue weighted by Crippen LogP contribution is -2.67. The predicted octanol–water partition coefficient (Wildman–Crippen LogP) is 4.38. The van der Waals surface area contributed by atoms with Crippen molar-refractivity contribution in [1.29, 1.82) is 0 Å². The summed E-state index contributed by atoms with van der Waals surface area (Å²) in [6.45, 7) is 6.06. The van der Waals surface area contributed by atoms with Crippen LogP contribution in [0.2, 0.25) is 0 Å². The summed E-state index contributed by atoms with van der Waals surface area (Å²) < 4.78 is 33.5. The number of carbonyl (C=O) groups is 1. The van der Waals surface area contributed by atoms with Crippen LogP contribution in [0.4, 0.5) is 0 Å². The summed E-state index contributed by atoms with van der Waals surface area (Å²) >= 11 is 0. The molecule has 0 aromatic heterocycles. The molecule has 2 bridgehead atoms. The lowest BCUT2D eigenvalue weighted by atomic mass is 9.35. The zero-order valence-electron chi connectivity index (χ0n) is 21.2. The Kier molecular flexibility index (Phi) is 7.76. The highest BCUT2D eigenvalue weighted by atomic mass is 16.7. The van der Waals surface area contributed by atoms with E-state index in [9.17, 15) is 4.79 Å². The fourth-order valence-electron chi connectivity index (χ4n) is 8.94. The molecule has 0 aromatic rings. The van der Waals surface area contributed by atoms with Crippen molar-refractivity contribution in [2.24, 2.45) is 39.9 Å². The molecule has 0 aromatic carbocycles. The number of esters is 1. The van der Waals surface area contributed by atoms with Gasteiger partial charge in [-0.1, -0.05) is 13.3 Å². The van der Waals surface area contributed by atoms with Gasteiger partial charge < -0.3 is 28.4 Å². The van der Waals surface area contributed by atoms with Gasteiger partial charge in [-0.05, 0) is 75.0 Å². The molecule has 0 aliphatic heterocycles. The predicted molar refractivity (Wildman–Crippen MR) is 122 cm³/mol. The maximum Gasteiger partial charge on any atom is 0.311 e. The molecule has 5 fully saturated rings. The summed E-state index contributed by atoms with van der Waals surface area (Å²) in [5.41, 5.74) is -0.140. The maximum atomic E-state index is 13.0. The molecule has 7 heteroatoms. The molecule has 1 spiro atoms. The molecule has 0 heterocycles. The van der Waals surface area contributed by atoms with E-state index in [-0.39, 0.29) is 41.9 Å². The van der Waals surface area contributed by atoms with E-state index in [0.717, 1.165) is 25.7 Å². The van der Waals surface area contributed by atoms with Gasteiger partial charge in [-0.25, -0.2) is 0 Å². The van der Waals surface area contributed by atoms with E-state index in [4.69, 9.17) is 28.4 Å². The van der Waals surface area contributed by atoms with Crippen molar-refractivity contribution in [3.8, 4) is 0 Å². The normalized spacial score (nSPS) is 44.2. The van der Waals surface area contributed by atoms with Crippen LogP contribution < -0.4 is 0 Å². The van der Waals surface area contributed by atoms with Gasteiger partial charge >= 0.3 is 5.97 Å². The van der Waals surface area contributed by atoms with Crippen LogP contribution in [0.15, 0.2) is 0 Å². The van der Waals surface area contributed by atoms with Crippen molar-refractivity contribution in [1.82, 2.24) is 0 Å². The zero-order chi connectivity index (χ0) is 23.7. The summed E-state index contributed by atoms with van der Waals surface area (Å²) in [5, 5.41) is 0. The summed E-state index contributed by atoms with van der Waals surface area (Å²) in [4.78, 5) is 13.0. The Labute approximate surface area is 199 Å². The fraction of sp³-hybridized carbons (Fsp3) is 0.962. The summed E-state index contributed by atoms with van der Waals surface area (Å²) in [7, 11) is 4.85. The molecule has 5 aliphatic rings. The van der Waals surface area contributed by atoms with Crippen LogP contribution in [-0.4, -0.2) is 60.4 Å². The van der Waals surface area contributed by atoms with Crippen molar-refractivity contribution in [2.75, 3.05) is 48.3 Å². The topological polar surface area (TPSA) is 72.5 Å². The van der Waals surface area contributed by atoms with E-state index in [2.05, 4.69) is 13.8 Å². The van der Waals surface area contributed by atoms with Crippen LogP contribution in [0.5, 0.6) is 0 Å². The van der Waals surface area contributed by atoms with Crippen LogP contribution >= 0.6 is 0 Å². The molecule has 8 atom stereocenters. The van der Waals surface area contributed by atoms with Crippen LogP contribution in [-0.2, 0) is 33.2 Å². The van der Waals surface area contributed by atoms with E-state index < -0.39 is 0 Å². The van der Waals surface area contributed by atoms with Crippen molar-refractivity contribution in [3.63, 3.8) is 0 Å².